The lowest BCUT2D eigenvalue weighted by atomic mass is 10.1. The number of anilines is 1. The molecule has 1 saturated heterocycles. The molecule has 0 bridgehead atoms. The predicted molar refractivity (Wildman–Crippen MR) is 63.6 cm³/mol. The Morgan fingerprint density at radius 1 is 1.53 bits per heavy atom. The molecule has 1 fully saturated rings. The molecule has 0 amide bonds. The zero-order chi connectivity index (χ0) is 12.3. The number of halogens is 1. The second kappa shape index (κ2) is 5.17. The summed E-state index contributed by atoms with van der Waals surface area (Å²) in [5, 5.41) is 8.70. The summed E-state index contributed by atoms with van der Waals surface area (Å²) in [6.07, 6.45) is 2.84. The molecule has 1 aromatic rings. The molecule has 92 valence electrons. The molecule has 3 nitrogen and oxygen atoms in total. The Morgan fingerprint density at radius 2 is 2.35 bits per heavy atom. The molecule has 1 aromatic carbocycles. The van der Waals surface area contributed by atoms with Crippen LogP contribution in [0.5, 0.6) is 0 Å². The lowest BCUT2D eigenvalue weighted by molar-refractivity contribution is -0.137. The van der Waals surface area contributed by atoms with Crippen molar-refractivity contribution in [1.29, 1.82) is 0 Å². The van der Waals surface area contributed by atoms with Gasteiger partial charge in [0.15, 0.2) is 0 Å². The van der Waals surface area contributed by atoms with Crippen LogP contribution in [0, 0.1) is 5.82 Å². The molecule has 0 aliphatic carbocycles. The molecule has 0 spiro atoms. The van der Waals surface area contributed by atoms with E-state index in [1.165, 1.54) is 12.1 Å². The quantitative estimate of drug-likeness (QED) is 0.875. The van der Waals surface area contributed by atoms with Gasteiger partial charge in [-0.15, -0.1) is 0 Å². The second-order valence-corrected chi connectivity index (χ2v) is 4.40. The van der Waals surface area contributed by atoms with Crippen molar-refractivity contribution in [2.24, 2.45) is 0 Å². The van der Waals surface area contributed by atoms with E-state index in [9.17, 15) is 9.18 Å². The van der Waals surface area contributed by atoms with E-state index in [-0.39, 0.29) is 18.3 Å². The van der Waals surface area contributed by atoms with Crippen molar-refractivity contribution in [3.05, 3.63) is 30.1 Å². The molecule has 2 rings (SSSR count). The van der Waals surface area contributed by atoms with Crippen LogP contribution in [0.25, 0.3) is 0 Å². The molecule has 1 aliphatic rings. The van der Waals surface area contributed by atoms with Crippen molar-refractivity contribution in [2.45, 2.75) is 31.7 Å². The van der Waals surface area contributed by atoms with Gasteiger partial charge < -0.3 is 10.0 Å². The lowest BCUT2D eigenvalue weighted by Crippen LogP contribution is -2.29. The number of carboxylic acid groups (broad SMARTS) is 1. The van der Waals surface area contributed by atoms with Crippen molar-refractivity contribution in [1.82, 2.24) is 0 Å². The van der Waals surface area contributed by atoms with Crippen LogP contribution < -0.4 is 4.90 Å². The van der Waals surface area contributed by atoms with E-state index in [2.05, 4.69) is 4.90 Å². The molecule has 4 heteroatoms. The minimum atomic E-state index is -0.768. The predicted octanol–water partition coefficient (Wildman–Crippen LogP) is 2.66. The number of hydrogen-bond donors (Lipinski definition) is 1. The van der Waals surface area contributed by atoms with Gasteiger partial charge in [0, 0.05) is 24.7 Å². The Kier molecular flexibility index (Phi) is 3.61. The van der Waals surface area contributed by atoms with E-state index in [1.54, 1.807) is 6.07 Å². The number of carboxylic acids is 1. The van der Waals surface area contributed by atoms with E-state index in [1.807, 2.05) is 6.07 Å². The van der Waals surface area contributed by atoms with Gasteiger partial charge in [0.25, 0.3) is 0 Å². The molecule has 17 heavy (non-hydrogen) atoms. The van der Waals surface area contributed by atoms with Crippen LogP contribution in [-0.2, 0) is 4.79 Å². The summed E-state index contributed by atoms with van der Waals surface area (Å²) in [5.41, 5.74) is 0.859. The number of rotatable bonds is 4. The van der Waals surface area contributed by atoms with E-state index in [0.717, 1.165) is 25.1 Å². The van der Waals surface area contributed by atoms with Gasteiger partial charge in [-0.3, -0.25) is 4.79 Å². The monoisotopic (exact) mass is 237 g/mol. The topological polar surface area (TPSA) is 40.5 Å². The van der Waals surface area contributed by atoms with Crippen molar-refractivity contribution >= 4 is 11.7 Å². The standard InChI is InChI=1S/C13H16FNO2/c14-10-3-1-4-12(9-10)15-8-2-5-11(15)6-7-13(16)17/h1,3-4,9,11H,2,5-8H2,(H,16,17). The maximum Gasteiger partial charge on any atom is 0.303 e. The molecule has 1 atom stereocenters. The first-order valence-electron chi connectivity index (χ1n) is 5.91. The van der Waals surface area contributed by atoms with Crippen molar-refractivity contribution in [3.8, 4) is 0 Å². The fourth-order valence-corrected chi connectivity index (χ4v) is 2.42. The van der Waals surface area contributed by atoms with Crippen LogP contribution in [0.4, 0.5) is 10.1 Å². The molecule has 1 heterocycles. The van der Waals surface area contributed by atoms with Gasteiger partial charge in [-0.2, -0.15) is 0 Å². The van der Waals surface area contributed by atoms with Crippen molar-refractivity contribution < 1.29 is 14.3 Å². The Morgan fingerprint density at radius 3 is 3.06 bits per heavy atom. The Labute approximate surface area is 99.9 Å². The number of aliphatic carboxylic acids is 1. The fourth-order valence-electron chi connectivity index (χ4n) is 2.42. The Bertz CT molecular complexity index is 408. The van der Waals surface area contributed by atoms with Crippen LogP contribution in [-0.4, -0.2) is 23.7 Å². The SMILES string of the molecule is O=C(O)CCC1CCCN1c1cccc(F)c1. The largest absolute Gasteiger partial charge is 0.481 e. The van der Waals surface area contributed by atoms with Gasteiger partial charge in [-0.25, -0.2) is 4.39 Å². The minimum Gasteiger partial charge on any atom is -0.481 e. The zero-order valence-electron chi connectivity index (χ0n) is 9.60. The second-order valence-electron chi connectivity index (χ2n) is 4.40. The average Bonchev–Trinajstić information content (AvgIpc) is 2.74. The number of nitrogens with zero attached hydrogens (tertiary/aromatic N) is 1. The maximum absolute atomic E-state index is 13.1. The summed E-state index contributed by atoms with van der Waals surface area (Å²) in [4.78, 5) is 12.7. The third-order valence-electron chi connectivity index (χ3n) is 3.21. The highest BCUT2D eigenvalue weighted by molar-refractivity contribution is 5.66. The van der Waals surface area contributed by atoms with Crippen LogP contribution >= 0.6 is 0 Å². The fraction of sp³-hybridized carbons (Fsp3) is 0.462. The van der Waals surface area contributed by atoms with E-state index < -0.39 is 5.97 Å². The van der Waals surface area contributed by atoms with Gasteiger partial charge in [0.05, 0.1) is 0 Å². The van der Waals surface area contributed by atoms with Crippen LogP contribution in [0.2, 0.25) is 0 Å². The third-order valence-corrected chi connectivity index (χ3v) is 3.21. The first-order valence-corrected chi connectivity index (χ1v) is 5.91. The summed E-state index contributed by atoms with van der Waals surface area (Å²) >= 11 is 0. The highest BCUT2D eigenvalue weighted by Crippen LogP contribution is 2.28. The molecule has 0 aromatic heterocycles. The third kappa shape index (κ3) is 2.96. The summed E-state index contributed by atoms with van der Waals surface area (Å²) in [7, 11) is 0. The summed E-state index contributed by atoms with van der Waals surface area (Å²) < 4.78 is 13.1. The first kappa shape index (κ1) is 11.9. The van der Waals surface area contributed by atoms with E-state index >= 15 is 0 Å². The Balaban J connectivity index is 2.06. The number of hydrogen-bond acceptors (Lipinski definition) is 2. The minimum absolute atomic E-state index is 0.177. The average molecular weight is 237 g/mol. The smallest absolute Gasteiger partial charge is 0.303 e. The molecule has 0 saturated carbocycles. The molecule has 1 unspecified atom stereocenters. The highest BCUT2D eigenvalue weighted by atomic mass is 19.1. The number of carbonyl (C=O) groups is 1. The summed E-state index contributed by atoms with van der Waals surface area (Å²) in [5.74, 6) is -1.01. The zero-order valence-corrected chi connectivity index (χ0v) is 9.60. The van der Waals surface area contributed by atoms with Gasteiger partial charge in [0.2, 0.25) is 0 Å². The Hall–Kier alpha value is -1.58. The van der Waals surface area contributed by atoms with Gasteiger partial charge in [-0.1, -0.05) is 6.07 Å². The molecular weight excluding hydrogens is 221 g/mol. The molecule has 1 N–H and O–H groups in total. The van der Waals surface area contributed by atoms with Gasteiger partial charge >= 0.3 is 5.97 Å². The summed E-state index contributed by atoms with van der Waals surface area (Å²) in [6.45, 7) is 0.883. The molecule has 1 aliphatic heterocycles. The van der Waals surface area contributed by atoms with Crippen molar-refractivity contribution in [2.75, 3.05) is 11.4 Å². The van der Waals surface area contributed by atoms with Crippen LogP contribution in [0.3, 0.4) is 0 Å². The van der Waals surface area contributed by atoms with Crippen LogP contribution in [0.1, 0.15) is 25.7 Å². The lowest BCUT2D eigenvalue weighted by Gasteiger charge is -2.26. The van der Waals surface area contributed by atoms with Crippen LogP contribution in [0.15, 0.2) is 24.3 Å². The first-order chi connectivity index (χ1) is 8.16. The number of benzene rings is 1. The van der Waals surface area contributed by atoms with Gasteiger partial charge in [0.1, 0.15) is 5.82 Å². The normalized spacial score (nSPS) is 19.6. The summed E-state index contributed by atoms with van der Waals surface area (Å²) in [6, 6.07) is 6.73. The van der Waals surface area contributed by atoms with E-state index in [4.69, 9.17) is 5.11 Å². The van der Waals surface area contributed by atoms with E-state index in [0.29, 0.717) is 6.42 Å². The van der Waals surface area contributed by atoms with Crippen molar-refractivity contribution in [3.63, 3.8) is 0 Å². The highest BCUT2D eigenvalue weighted by Gasteiger charge is 2.25. The van der Waals surface area contributed by atoms with Gasteiger partial charge in [-0.05, 0) is 37.5 Å². The molecular formula is C13H16FNO2. The maximum atomic E-state index is 13.1. The molecule has 0 radical (unpaired) electrons.